The molecule has 1 aliphatic heterocycles. The molecule has 172 valence electrons. The highest BCUT2D eigenvalue weighted by Gasteiger charge is 2.32. The lowest BCUT2D eigenvalue weighted by Crippen LogP contribution is -2.47. The summed E-state index contributed by atoms with van der Waals surface area (Å²) in [5.41, 5.74) is 8.37. The van der Waals surface area contributed by atoms with E-state index >= 15 is 0 Å². The number of nitrogens with one attached hydrogen (secondary N) is 1. The predicted molar refractivity (Wildman–Crippen MR) is 135 cm³/mol. The number of hydrogen-bond donors (Lipinski definition) is 2. The average Bonchev–Trinajstić information content (AvgIpc) is 2.81. The largest absolute Gasteiger partial charge is 0.392 e. The highest BCUT2D eigenvalue weighted by molar-refractivity contribution is 7.97. The van der Waals surface area contributed by atoms with Gasteiger partial charge in [0, 0.05) is 18.0 Å². The first kappa shape index (κ1) is 23.6. The van der Waals surface area contributed by atoms with Crippen molar-refractivity contribution < 1.29 is 9.90 Å². The molecule has 0 radical (unpaired) electrons. The number of hydrogen-bond acceptors (Lipinski definition) is 4. The normalized spacial score (nSPS) is 15.8. The number of aryl methyl sites for hydroxylation is 3. The lowest BCUT2D eigenvalue weighted by molar-refractivity contribution is -0.125. The summed E-state index contributed by atoms with van der Waals surface area (Å²) in [5, 5.41) is 12.4. The summed E-state index contributed by atoms with van der Waals surface area (Å²) in [6, 6.07) is 20.5. The predicted octanol–water partition coefficient (Wildman–Crippen LogP) is 4.90. The molecule has 0 spiro atoms. The first-order chi connectivity index (χ1) is 15.9. The molecule has 2 N–H and O–H groups in total. The summed E-state index contributed by atoms with van der Waals surface area (Å²) in [7, 11) is 0. The van der Waals surface area contributed by atoms with Crippen LogP contribution in [0.3, 0.4) is 0 Å². The number of carbonyl (C=O) groups excluding carboxylic acids is 1. The molecule has 3 aromatic rings. The molecule has 0 aliphatic carbocycles. The molecular weight excluding hydrogens is 428 g/mol. The van der Waals surface area contributed by atoms with Crippen LogP contribution in [0.2, 0.25) is 0 Å². The summed E-state index contributed by atoms with van der Waals surface area (Å²) in [5.74, 6) is 0.0754. The van der Waals surface area contributed by atoms with E-state index in [0.29, 0.717) is 13.0 Å². The van der Waals surface area contributed by atoms with Crippen LogP contribution in [0.1, 0.15) is 38.9 Å². The molecule has 0 aromatic heterocycles. The Hall–Kier alpha value is -2.60. The van der Waals surface area contributed by atoms with Crippen molar-refractivity contribution in [1.29, 1.82) is 0 Å². The van der Waals surface area contributed by atoms with E-state index in [1.807, 2.05) is 24.3 Å². The van der Waals surface area contributed by atoms with Gasteiger partial charge in [-0.1, -0.05) is 66.2 Å². The topological polar surface area (TPSA) is 52.6 Å². The third-order valence-electron chi connectivity index (χ3n) is 6.24. The first-order valence-corrected chi connectivity index (χ1v) is 12.3. The number of nitrogens with zero attached hydrogens (tertiary/aromatic N) is 1. The first-order valence-electron chi connectivity index (χ1n) is 11.5. The molecule has 1 atom stereocenters. The molecule has 1 amide bonds. The number of carbonyl (C=O) groups is 1. The second-order valence-electron chi connectivity index (χ2n) is 8.90. The van der Waals surface area contributed by atoms with E-state index < -0.39 is 0 Å². The van der Waals surface area contributed by atoms with Crippen molar-refractivity contribution in [2.24, 2.45) is 0 Å². The van der Waals surface area contributed by atoms with Crippen LogP contribution in [0.5, 0.6) is 0 Å². The van der Waals surface area contributed by atoms with E-state index in [-0.39, 0.29) is 18.6 Å². The number of benzene rings is 3. The van der Waals surface area contributed by atoms with E-state index in [0.717, 1.165) is 24.1 Å². The summed E-state index contributed by atoms with van der Waals surface area (Å²) in [6.07, 6.45) is 1.48. The molecule has 33 heavy (non-hydrogen) atoms. The van der Waals surface area contributed by atoms with Crippen LogP contribution in [0.4, 0.5) is 0 Å². The summed E-state index contributed by atoms with van der Waals surface area (Å²) in [4.78, 5) is 14.6. The van der Waals surface area contributed by atoms with Gasteiger partial charge in [-0.3, -0.25) is 4.79 Å². The van der Waals surface area contributed by atoms with Crippen LogP contribution in [0.15, 0.2) is 65.6 Å². The van der Waals surface area contributed by atoms with Gasteiger partial charge < -0.3 is 10.4 Å². The van der Waals surface area contributed by atoms with Crippen molar-refractivity contribution in [3.63, 3.8) is 0 Å². The quantitative estimate of drug-likeness (QED) is 0.493. The van der Waals surface area contributed by atoms with E-state index in [1.165, 1.54) is 32.7 Å². The molecule has 4 rings (SSSR count). The molecule has 0 fully saturated rings. The molecule has 0 bridgehead atoms. The van der Waals surface area contributed by atoms with Crippen molar-refractivity contribution in [2.75, 3.05) is 6.54 Å². The monoisotopic (exact) mass is 460 g/mol. The van der Waals surface area contributed by atoms with E-state index in [2.05, 4.69) is 66.8 Å². The molecular formula is C28H32N2O2S. The summed E-state index contributed by atoms with van der Waals surface area (Å²) < 4.78 is 2.25. The van der Waals surface area contributed by atoms with Crippen molar-refractivity contribution >= 4 is 17.9 Å². The van der Waals surface area contributed by atoms with Crippen molar-refractivity contribution in [3.8, 4) is 0 Å². The second-order valence-corrected chi connectivity index (χ2v) is 9.96. The number of aliphatic hydroxyl groups excluding tert-OH is 1. The Labute approximate surface area is 201 Å². The minimum atomic E-state index is -0.221. The fourth-order valence-corrected chi connectivity index (χ4v) is 5.65. The molecule has 1 heterocycles. The van der Waals surface area contributed by atoms with Crippen molar-refractivity contribution in [1.82, 2.24) is 9.62 Å². The van der Waals surface area contributed by atoms with Crippen LogP contribution in [-0.4, -0.2) is 27.9 Å². The molecule has 3 aromatic carbocycles. The minimum Gasteiger partial charge on any atom is -0.392 e. The molecule has 1 aliphatic rings. The average molecular weight is 461 g/mol. The van der Waals surface area contributed by atoms with Gasteiger partial charge in [-0.2, -0.15) is 0 Å². The maximum atomic E-state index is 13.3. The number of amides is 1. The van der Waals surface area contributed by atoms with Gasteiger partial charge >= 0.3 is 0 Å². The van der Waals surface area contributed by atoms with Crippen LogP contribution in [0.25, 0.3) is 0 Å². The Kier molecular flexibility index (Phi) is 7.53. The Balaban J connectivity index is 1.48. The fraction of sp³-hybridized carbons (Fsp3) is 0.321. The summed E-state index contributed by atoms with van der Waals surface area (Å²) in [6.45, 7) is 7.81. The van der Waals surface area contributed by atoms with Crippen LogP contribution in [0, 0.1) is 20.8 Å². The number of aliphatic hydroxyl groups is 1. The zero-order chi connectivity index (χ0) is 23.4. The van der Waals surface area contributed by atoms with E-state index in [1.54, 1.807) is 11.9 Å². The zero-order valence-electron chi connectivity index (χ0n) is 19.6. The minimum absolute atomic E-state index is 0.0492. The SMILES string of the molecule is Cc1cc(C)c(SN2Cc3ccccc3CC2C(=O)NCCc2ccc(CO)cc2)c(C)c1. The van der Waals surface area contributed by atoms with E-state index in [9.17, 15) is 9.90 Å². The summed E-state index contributed by atoms with van der Waals surface area (Å²) >= 11 is 1.71. The number of fused-ring (bicyclic) bond motifs is 1. The Bertz CT molecular complexity index is 1100. The van der Waals surface area contributed by atoms with Crippen molar-refractivity contribution in [2.45, 2.75) is 57.7 Å². The Morgan fingerprint density at radius 2 is 1.64 bits per heavy atom. The maximum Gasteiger partial charge on any atom is 0.238 e. The van der Waals surface area contributed by atoms with Gasteiger partial charge in [0.2, 0.25) is 5.91 Å². The third-order valence-corrected chi connectivity index (χ3v) is 7.68. The smallest absolute Gasteiger partial charge is 0.238 e. The van der Waals surface area contributed by atoms with Gasteiger partial charge in [-0.05, 0) is 78.9 Å². The standard InChI is InChI=1S/C28H32N2O2S/c1-19-14-20(2)27(21(3)15-19)33-30-17-25-7-5-4-6-24(25)16-26(30)28(32)29-13-12-22-8-10-23(18-31)11-9-22/h4-11,14-15,26,31H,12-13,16-18H2,1-3H3,(H,29,32). The van der Waals surface area contributed by atoms with Gasteiger partial charge in [0.25, 0.3) is 0 Å². The lowest BCUT2D eigenvalue weighted by Gasteiger charge is -2.35. The highest BCUT2D eigenvalue weighted by Crippen LogP contribution is 2.36. The lowest BCUT2D eigenvalue weighted by atomic mass is 9.95. The Morgan fingerprint density at radius 3 is 2.30 bits per heavy atom. The van der Waals surface area contributed by atoms with Gasteiger partial charge in [-0.25, -0.2) is 4.31 Å². The van der Waals surface area contributed by atoms with Crippen LogP contribution < -0.4 is 5.32 Å². The van der Waals surface area contributed by atoms with Gasteiger partial charge in [0.1, 0.15) is 6.04 Å². The highest BCUT2D eigenvalue weighted by atomic mass is 32.2. The third kappa shape index (κ3) is 5.67. The second kappa shape index (κ2) is 10.6. The molecule has 0 saturated heterocycles. The van der Waals surface area contributed by atoms with Crippen molar-refractivity contribution in [3.05, 3.63) is 99.6 Å². The van der Waals surface area contributed by atoms with E-state index in [4.69, 9.17) is 0 Å². The molecule has 0 saturated carbocycles. The van der Waals surface area contributed by atoms with Gasteiger partial charge in [0.05, 0.1) is 6.61 Å². The van der Waals surface area contributed by atoms with Crippen LogP contribution >= 0.6 is 11.9 Å². The van der Waals surface area contributed by atoms with Gasteiger partial charge in [-0.15, -0.1) is 0 Å². The molecule has 4 nitrogen and oxygen atoms in total. The molecule has 5 heteroatoms. The Morgan fingerprint density at radius 1 is 1.00 bits per heavy atom. The van der Waals surface area contributed by atoms with Crippen LogP contribution in [-0.2, 0) is 30.8 Å². The molecule has 1 unspecified atom stereocenters. The fourth-order valence-electron chi connectivity index (χ4n) is 4.51. The maximum absolute atomic E-state index is 13.3. The number of rotatable bonds is 7. The van der Waals surface area contributed by atoms with Gasteiger partial charge in [0.15, 0.2) is 0 Å². The zero-order valence-corrected chi connectivity index (χ0v) is 20.4.